The van der Waals surface area contributed by atoms with Crippen molar-refractivity contribution in [1.29, 1.82) is 0 Å². The van der Waals surface area contributed by atoms with Crippen LogP contribution < -0.4 is 10.6 Å². The summed E-state index contributed by atoms with van der Waals surface area (Å²) in [6, 6.07) is 1.74. The van der Waals surface area contributed by atoms with Gasteiger partial charge in [0.1, 0.15) is 11.9 Å². The third-order valence-corrected chi connectivity index (χ3v) is 4.23. The van der Waals surface area contributed by atoms with E-state index >= 15 is 0 Å². The van der Waals surface area contributed by atoms with Crippen LogP contribution in [0.3, 0.4) is 0 Å². The van der Waals surface area contributed by atoms with Crippen molar-refractivity contribution < 1.29 is 28.7 Å². The molecule has 2 rings (SSSR count). The van der Waals surface area contributed by atoms with Crippen molar-refractivity contribution >= 4 is 35.1 Å². The number of hydrogen-bond acceptors (Lipinski definition) is 5. The Morgan fingerprint density at radius 2 is 1.97 bits per heavy atom. The van der Waals surface area contributed by atoms with E-state index in [2.05, 4.69) is 15.6 Å². The monoisotopic (exact) mass is 421 g/mol. The number of imide groups is 1. The largest absolute Gasteiger partial charge is 0.481 e. The molecule has 1 fully saturated rings. The summed E-state index contributed by atoms with van der Waals surface area (Å²) in [5, 5.41) is 12.8. The highest BCUT2D eigenvalue weighted by molar-refractivity contribution is 6.06. The van der Waals surface area contributed by atoms with E-state index in [0.29, 0.717) is 12.1 Å². The van der Waals surface area contributed by atoms with Gasteiger partial charge >= 0.3 is 5.97 Å². The summed E-state index contributed by atoms with van der Waals surface area (Å²) in [7, 11) is 0. The standard InChI is InChI=1S/C16H18FN3O3.C5H10O2/c1-8(2)18-14-9(3)11(17)5-4-10(14)15(22)19-12-6-7-13(21)20-16(12)23;1-2-3-4-5(6)7/h4-5,12H,6-7H2,1-3H3,(H,19,22)(H,20,21,23);2-4H2,1H3,(H,6,7). The number of aliphatic carboxylic acids is 1. The van der Waals surface area contributed by atoms with Crippen molar-refractivity contribution in [3.8, 4) is 0 Å². The van der Waals surface area contributed by atoms with Crippen LogP contribution in [0.25, 0.3) is 0 Å². The predicted molar refractivity (Wildman–Crippen MR) is 110 cm³/mol. The van der Waals surface area contributed by atoms with Crippen molar-refractivity contribution in [3.63, 3.8) is 0 Å². The smallest absolute Gasteiger partial charge is 0.303 e. The Bertz CT molecular complexity index is 847. The first-order valence-electron chi connectivity index (χ1n) is 9.74. The molecule has 1 aliphatic heterocycles. The van der Waals surface area contributed by atoms with Crippen LogP contribution in [0.2, 0.25) is 0 Å². The molecule has 0 radical (unpaired) electrons. The van der Waals surface area contributed by atoms with E-state index in [0.717, 1.165) is 12.8 Å². The Morgan fingerprint density at radius 3 is 2.47 bits per heavy atom. The summed E-state index contributed by atoms with van der Waals surface area (Å²) in [6.45, 7) is 7.00. The lowest BCUT2D eigenvalue weighted by atomic mass is 10.0. The molecule has 0 bridgehead atoms. The molecule has 1 unspecified atom stereocenters. The van der Waals surface area contributed by atoms with Gasteiger partial charge in [-0.05, 0) is 45.7 Å². The molecule has 0 saturated carbocycles. The number of benzene rings is 1. The zero-order valence-electron chi connectivity index (χ0n) is 17.7. The number of carboxylic acid groups (broad SMARTS) is 1. The first-order valence-corrected chi connectivity index (χ1v) is 9.74. The number of carbonyl (C=O) groups excluding carboxylic acids is 3. The van der Waals surface area contributed by atoms with Crippen LogP contribution in [-0.2, 0) is 14.4 Å². The van der Waals surface area contributed by atoms with Gasteiger partial charge in [-0.2, -0.15) is 0 Å². The highest BCUT2D eigenvalue weighted by atomic mass is 19.1. The minimum atomic E-state index is -0.787. The number of aliphatic imine (C=N–C) groups is 1. The molecule has 1 heterocycles. The Labute approximate surface area is 175 Å². The maximum Gasteiger partial charge on any atom is 0.303 e. The molecule has 8 nitrogen and oxygen atoms in total. The number of rotatable bonds is 6. The molecule has 1 aromatic rings. The zero-order valence-corrected chi connectivity index (χ0v) is 17.7. The van der Waals surface area contributed by atoms with Gasteiger partial charge in [-0.3, -0.25) is 29.5 Å². The van der Waals surface area contributed by atoms with Crippen LogP contribution in [0.4, 0.5) is 10.1 Å². The van der Waals surface area contributed by atoms with E-state index in [1.165, 1.54) is 12.1 Å². The van der Waals surface area contributed by atoms with Crippen LogP contribution in [0.1, 0.15) is 68.8 Å². The molecule has 30 heavy (non-hydrogen) atoms. The molecule has 9 heteroatoms. The molecule has 164 valence electrons. The van der Waals surface area contributed by atoms with Gasteiger partial charge in [0.25, 0.3) is 5.91 Å². The van der Waals surface area contributed by atoms with Gasteiger partial charge in [-0.1, -0.05) is 13.3 Å². The fourth-order valence-electron chi connectivity index (χ4n) is 2.62. The van der Waals surface area contributed by atoms with Gasteiger partial charge in [0.05, 0.1) is 11.3 Å². The van der Waals surface area contributed by atoms with E-state index < -0.39 is 29.6 Å². The van der Waals surface area contributed by atoms with Crippen molar-refractivity contribution in [2.75, 3.05) is 0 Å². The molecule has 3 N–H and O–H groups in total. The maximum atomic E-state index is 13.7. The van der Waals surface area contributed by atoms with Crippen LogP contribution >= 0.6 is 0 Å². The molecule has 1 aliphatic rings. The molecule has 1 saturated heterocycles. The number of carboxylic acids is 1. The van der Waals surface area contributed by atoms with E-state index in [4.69, 9.17) is 5.11 Å². The van der Waals surface area contributed by atoms with E-state index in [9.17, 15) is 23.6 Å². The lowest BCUT2D eigenvalue weighted by molar-refractivity contribution is -0.137. The average molecular weight is 421 g/mol. The minimum Gasteiger partial charge on any atom is -0.481 e. The topological polar surface area (TPSA) is 125 Å². The summed E-state index contributed by atoms with van der Waals surface area (Å²) < 4.78 is 13.7. The summed E-state index contributed by atoms with van der Waals surface area (Å²) in [6.07, 6.45) is 2.48. The van der Waals surface area contributed by atoms with Crippen molar-refractivity contribution in [2.45, 2.75) is 65.8 Å². The quantitative estimate of drug-likeness (QED) is 0.481. The summed E-state index contributed by atoms with van der Waals surface area (Å²) in [5.41, 5.74) is 1.38. The zero-order chi connectivity index (χ0) is 22.8. The summed E-state index contributed by atoms with van der Waals surface area (Å²) in [4.78, 5) is 49.3. The summed E-state index contributed by atoms with van der Waals surface area (Å²) in [5.74, 6) is -2.57. The average Bonchev–Trinajstić information content (AvgIpc) is 2.66. The Balaban J connectivity index is 0.000000553. The second kappa shape index (κ2) is 11.8. The molecule has 1 atom stereocenters. The molecule has 0 spiro atoms. The molecular formula is C21H28FN3O5. The third-order valence-electron chi connectivity index (χ3n) is 4.23. The van der Waals surface area contributed by atoms with Crippen LogP contribution in [-0.4, -0.2) is 40.6 Å². The first kappa shape index (κ1) is 24.9. The Morgan fingerprint density at radius 1 is 1.30 bits per heavy atom. The number of hydrogen-bond donors (Lipinski definition) is 3. The van der Waals surface area contributed by atoms with E-state index in [-0.39, 0.29) is 35.6 Å². The third kappa shape index (κ3) is 7.73. The van der Waals surface area contributed by atoms with Gasteiger partial charge in [0.2, 0.25) is 11.8 Å². The molecule has 3 amide bonds. The lowest BCUT2D eigenvalue weighted by Crippen LogP contribution is -2.52. The molecule has 0 aliphatic carbocycles. The first-order chi connectivity index (χ1) is 14.1. The van der Waals surface area contributed by atoms with E-state index in [1.54, 1.807) is 20.8 Å². The maximum absolute atomic E-state index is 13.7. The Hall–Kier alpha value is -3.10. The fraction of sp³-hybridized carbons (Fsp3) is 0.476. The van der Waals surface area contributed by atoms with Crippen molar-refractivity contribution in [1.82, 2.24) is 10.6 Å². The lowest BCUT2D eigenvalue weighted by Gasteiger charge is -2.22. The van der Waals surface area contributed by atoms with Crippen molar-refractivity contribution in [3.05, 3.63) is 29.1 Å². The second-order valence-electron chi connectivity index (χ2n) is 7.10. The second-order valence-corrected chi connectivity index (χ2v) is 7.10. The minimum absolute atomic E-state index is 0.165. The Kier molecular flexibility index (Phi) is 9.80. The normalized spacial score (nSPS) is 15.4. The highest BCUT2D eigenvalue weighted by Crippen LogP contribution is 2.27. The summed E-state index contributed by atoms with van der Waals surface area (Å²) >= 11 is 0. The number of unbranched alkanes of at least 4 members (excludes halogenated alkanes) is 1. The highest BCUT2D eigenvalue weighted by Gasteiger charge is 2.29. The number of halogens is 1. The number of piperidine rings is 1. The van der Waals surface area contributed by atoms with Crippen molar-refractivity contribution in [2.24, 2.45) is 4.99 Å². The number of nitrogens with zero attached hydrogens (tertiary/aromatic N) is 1. The van der Waals surface area contributed by atoms with E-state index in [1.807, 2.05) is 6.92 Å². The van der Waals surface area contributed by atoms with Gasteiger partial charge in [-0.25, -0.2) is 4.39 Å². The van der Waals surface area contributed by atoms with Crippen LogP contribution in [0.5, 0.6) is 0 Å². The van der Waals surface area contributed by atoms with Crippen LogP contribution in [0, 0.1) is 12.7 Å². The van der Waals surface area contributed by atoms with Gasteiger partial charge in [0, 0.05) is 24.1 Å². The van der Waals surface area contributed by atoms with Crippen LogP contribution in [0.15, 0.2) is 17.1 Å². The SMILES string of the molecule is CC(C)=Nc1c(C(=O)NC2CCC(=O)NC2=O)ccc(F)c1C.CCCCC(=O)O. The fourth-order valence-corrected chi connectivity index (χ4v) is 2.62. The number of nitrogens with one attached hydrogen (secondary N) is 2. The predicted octanol–water partition coefficient (Wildman–Crippen LogP) is 3.04. The molecule has 1 aromatic carbocycles. The van der Waals surface area contributed by atoms with Gasteiger partial charge in [-0.15, -0.1) is 0 Å². The number of amides is 3. The van der Waals surface area contributed by atoms with Gasteiger partial charge < -0.3 is 10.4 Å². The molecule has 0 aromatic heterocycles. The van der Waals surface area contributed by atoms with Gasteiger partial charge in [0.15, 0.2) is 0 Å². The number of carbonyl (C=O) groups is 4. The molecular weight excluding hydrogens is 393 g/mol.